The lowest BCUT2D eigenvalue weighted by atomic mass is 9.82. The minimum absolute atomic E-state index is 0.971. The Bertz CT molecular complexity index is 99.0. The van der Waals surface area contributed by atoms with Crippen LogP contribution in [0, 0.1) is 11.8 Å². The van der Waals surface area contributed by atoms with E-state index >= 15 is 0 Å². The fraction of sp³-hybridized carbons (Fsp3) is 1.00. The number of hydrogen-bond donors (Lipinski definition) is 1. The molecule has 1 heterocycles. The Balaban J connectivity index is 2.31. The molecule has 0 aromatic rings. The Labute approximate surface area is 70.6 Å². The highest BCUT2D eigenvalue weighted by atomic mass is 14.9. The summed E-state index contributed by atoms with van der Waals surface area (Å²) in [6, 6.07) is 0. The molecule has 1 aliphatic heterocycles. The van der Waals surface area contributed by atoms with E-state index < -0.39 is 0 Å². The van der Waals surface area contributed by atoms with E-state index in [4.69, 9.17) is 0 Å². The van der Waals surface area contributed by atoms with Gasteiger partial charge in [0, 0.05) is 0 Å². The summed E-state index contributed by atoms with van der Waals surface area (Å²) in [5, 5.41) is 3.48. The lowest BCUT2D eigenvalue weighted by Gasteiger charge is -2.31. The van der Waals surface area contributed by atoms with Crippen molar-refractivity contribution in [1.29, 1.82) is 0 Å². The van der Waals surface area contributed by atoms with E-state index in [0.29, 0.717) is 0 Å². The van der Waals surface area contributed by atoms with Gasteiger partial charge >= 0.3 is 0 Å². The predicted molar refractivity (Wildman–Crippen MR) is 49.7 cm³/mol. The largest absolute Gasteiger partial charge is 0.316 e. The molecular weight excluding hydrogens is 134 g/mol. The SMILES string of the molecule is CCCC1CNCCC1CC. The van der Waals surface area contributed by atoms with Crippen molar-refractivity contribution in [2.75, 3.05) is 13.1 Å². The van der Waals surface area contributed by atoms with Crippen molar-refractivity contribution in [2.24, 2.45) is 11.8 Å². The molecule has 11 heavy (non-hydrogen) atoms. The monoisotopic (exact) mass is 155 g/mol. The molecule has 0 bridgehead atoms. The summed E-state index contributed by atoms with van der Waals surface area (Å²) >= 11 is 0. The molecule has 0 radical (unpaired) electrons. The minimum Gasteiger partial charge on any atom is -0.316 e. The summed E-state index contributed by atoms with van der Waals surface area (Å²) in [4.78, 5) is 0. The zero-order valence-electron chi connectivity index (χ0n) is 7.90. The Kier molecular flexibility index (Phi) is 3.92. The van der Waals surface area contributed by atoms with E-state index in [1.54, 1.807) is 0 Å². The lowest BCUT2D eigenvalue weighted by molar-refractivity contribution is 0.233. The van der Waals surface area contributed by atoms with Gasteiger partial charge in [0.05, 0.1) is 0 Å². The highest BCUT2D eigenvalue weighted by Gasteiger charge is 2.21. The molecular formula is C10H21N. The van der Waals surface area contributed by atoms with E-state index in [1.165, 1.54) is 38.8 Å². The first-order valence-electron chi connectivity index (χ1n) is 5.09. The lowest BCUT2D eigenvalue weighted by Crippen LogP contribution is -2.36. The van der Waals surface area contributed by atoms with Gasteiger partial charge in [-0.15, -0.1) is 0 Å². The van der Waals surface area contributed by atoms with Crippen LogP contribution in [-0.4, -0.2) is 13.1 Å². The van der Waals surface area contributed by atoms with Crippen LogP contribution in [0.1, 0.15) is 39.5 Å². The van der Waals surface area contributed by atoms with Gasteiger partial charge in [0.1, 0.15) is 0 Å². The van der Waals surface area contributed by atoms with Crippen molar-refractivity contribution >= 4 is 0 Å². The van der Waals surface area contributed by atoms with Crippen LogP contribution in [0.15, 0.2) is 0 Å². The zero-order chi connectivity index (χ0) is 8.10. The van der Waals surface area contributed by atoms with Crippen LogP contribution in [0.25, 0.3) is 0 Å². The van der Waals surface area contributed by atoms with Gasteiger partial charge in [-0.1, -0.05) is 26.7 Å². The summed E-state index contributed by atoms with van der Waals surface area (Å²) in [5.74, 6) is 1.98. The molecule has 66 valence electrons. The van der Waals surface area contributed by atoms with Gasteiger partial charge in [-0.3, -0.25) is 0 Å². The molecule has 0 saturated carbocycles. The molecule has 1 nitrogen and oxygen atoms in total. The molecule has 1 fully saturated rings. The number of nitrogens with one attached hydrogen (secondary N) is 1. The quantitative estimate of drug-likeness (QED) is 0.660. The number of piperidine rings is 1. The summed E-state index contributed by atoms with van der Waals surface area (Å²) in [5.41, 5.74) is 0. The highest BCUT2D eigenvalue weighted by Crippen LogP contribution is 2.25. The topological polar surface area (TPSA) is 12.0 Å². The second kappa shape index (κ2) is 4.76. The normalized spacial score (nSPS) is 32.2. The Morgan fingerprint density at radius 1 is 1.27 bits per heavy atom. The molecule has 2 atom stereocenters. The van der Waals surface area contributed by atoms with Gasteiger partial charge in [0.15, 0.2) is 0 Å². The molecule has 0 aromatic heterocycles. The fourth-order valence-corrected chi connectivity index (χ4v) is 2.22. The van der Waals surface area contributed by atoms with Gasteiger partial charge in [-0.05, 0) is 37.8 Å². The molecule has 1 heteroatoms. The third kappa shape index (κ3) is 2.48. The number of rotatable bonds is 3. The first-order valence-corrected chi connectivity index (χ1v) is 5.09. The van der Waals surface area contributed by atoms with Crippen LogP contribution < -0.4 is 5.32 Å². The summed E-state index contributed by atoms with van der Waals surface area (Å²) in [7, 11) is 0. The average molecular weight is 155 g/mol. The Hall–Kier alpha value is -0.0400. The first-order chi connectivity index (χ1) is 5.38. The summed E-state index contributed by atoms with van der Waals surface area (Å²) in [6.45, 7) is 7.14. The molecule has 0 aromatic carbocycles. The third-order valence-corrected chi connectivity index (χ3v) is 2.95. The van der Waals surface area contributed by atoms with Crippen LogP contribution >= 0.6 is 0 Å². The molecule has 1 saturated heterocycles. The van der Waals surface area contributed by atoms with Gasteiger partial charge in [0.25, 0.3) is 0 Å². The van der Waals surface area contributed by atoms with Crippen LogP contribution in [0.5, 0.6) is 0 Å². The van der Waals surface area contributed by atoms with Crippen molar-refractivity contribution in [3.63, 3.8) is 0 Å². The molecule has 0 amide bonds. The van der Waals surface area contributed by atoms with E-state index in [2.05, 4.69) is 19.2 Å². The Morgan fingerprint density at radius 3 is 2.73 bits per heavy atom. The maximum atomic E-state index is 3.48. The van der Waals surface area contributed by atoms with Gasteiger partial charge in [0.2, 0.25) is 0 Å². The van der Waals surface area contributed by atoms with Crippen molar-refractivity contribution in [3.8, 4) is 0 Å². The van der Waals surface area contributed by atoms with E-state index in [-0.39, 0.29) is 0 Å². The summed E-state index contributed by atoms with van der Waals surface area (Å²) < 4.78 is 0. The smallest absolute Gasteiger partial charge is 0.00179 e. The molecule has 1 N–H and O–H groups in total. The van der Waals surface area contributed by atoms with Crippen molar-refractivity contribution in [3.05, 3.63) is 0 Å². The van der Waals surface area contributed by atoms with Crippen LogP contribution in [0.2, 0.25) is 0 Å². The second-order valence-corrected chi connectivity index (χ2v) is 3.71. The maximum Gasteiger partial charge on any atom is -0.00179 e. The van der Waals surface area contributed by atoms with Gasteiger partial charge in [-0.25, -0.2) is 0 Å². The van der Waals surface area contributed by atoms with Gasteiger partial charge in [-0.2, -0.15) is 0 Å². The molecule has 1 rings (SSSR count). The first kappa shape index (κ1) is 9.05. The molecule has 2 unspecified atom stereocenters. The van der Waals surface area contributed by atoms with Crippen molar-refractivity contribution in [1.82, 2.24) is 5.32 Å². The predicted octanol–water partition coefficient (Wildman–Crippen LogP) is 2.42. The molecule has 1 aliphatic rings. The number of hydrogen-bond acceptors (Lipinski definition) is 1. The highest BCUT2D eigenvalue weighted by molar-refractivity contribution is 4.76. The van der Waals surface area contributed by atoms with Crippen molar-refractivity contribution in [2.45, 2.75) is 39.5 Å². The Morgan fingerprint density at radius 2 is 2.09 bits per heavy atom. The third-order valence-electron chi connectivity index (χ3n) is 2.95. The van der Waals surface area contributed by atoms with E-state index in [1.807, 2.05) is 0 Å². The molecule has 0 spiro atoms. The van der Waals surface area contributed by atoms with Crippen molar-refractivity contribution < 1.29 is 0 Å². The van der Waals surface area contributed by atoms with Crippen LogP contribution in [-0.2, 0) is 0 Å². The zero-order valence-corrected chi connectivity index (χ0v) is 7.90. The molecule has 0 aliphatic carbocycles. The van der Waals surface area contributed by atoms with E-state index in [9.17, 15) is 0 Å². The fourth-order valence-electron chi connectivity index (χ4n) is 2.22. The summed E-state index contributed by atoms with van der Waals surface area (Å²) in [6.07, 6.45) is 5.56. The van der Waals surface area contributed by atoms with Gasteiger partial charge < -0.3 is 5.32 Å². The average Bonchev–Trinajstić information content (AvgIpc) is 2.06. The maximum absolute atomic E-state index is 3.48. The standard InChI is InChI=1S/C10H21N/c1-3-5-10-8-11-7-6-9(10)4-2/h9-11H,3-8H2,1-2H3. The van der Waals surface area contributed by atoms with Crippen LogP contribution in [0.3, 0.4) is 0 Å². The minimum atomic E-state index is 0.971. The van der Waals surface area contributed by atoms with Crippen LogP contribution in [0.4, 0.5) is 0 Å². The van der Waals surface area contributed by atoms with E-state index in [0.717, 1.165) is 11.8 Å². The second-order valence-electron chi connectivity index (χ2n) is 3.71.